The molecule has 0 bridgehead atoms. The van der Waals surface area contributed by atoms with Crippen LogP contribution in [0.4, 0.5) is 0 Å². The fourth-order valence-electron chi connectivity index (χ4n) is 2.30. The Morgan fingerprint density at radius 2 is 1.33 bits per heavy atom. The molecule has 0 radical (unpaired) electrons. The van der Waals surface area contributed by atoms with Gasteiger partial charge in [0.2, 0.25) is 0 Å². The van der Waals surface area contributed by atoms with Gasteiger partial charge in [-0.15, -0.1) is 0 Å². The quantitative estimate of drug-likeness (QED) is 0.405. The van der Waals surface area contributed by atoms with Gasteiger partial charge in [-0.1, -0.05) is 71.1 Å². The lowest BCUT2D eigenvalue weighted by Crippen LogP contribution is -2.12. The lowest BCUT2D eigenvalue weighted by Gasteiger charge is -2.09. The normalized spacial score (nSPS) is 12.6. The van der Waals surface area contributed by atoms with Gasteiger partial charge in [0.05, 0.1) is 5.25 Å². The van der Waals surface area contributed by atoms with Crippen molar-refractivity contribution in [1.82, 2.24) is 0 Å². The van der Waals surface area contributed by atoms with Crippen molar-refractivity contribution in [3.8, 4) is 0 Å². The largest absolute Gasteiger partial charge is 0.299 e. The van der Waals surface area contributed by atoms with Crippen LogP contribution in [0.1, 0.15) is 84.5 Å². The van der Waals surface area contributed by atoms with E-state index in [9.17, 15) is 4.79 Å². The smallest absolute Gasteiger partial charge is 0.142 e. The molecule has 0 N–H and O–H groups in total. The van der Waals surface area contributed by atoms with E-state index in [0.29, 0.717) is 5.78 Å². The van der Waals surface area contributed by atoms with Crippen molar-refractivity contribution >= 4 is 17.5 Å². The number of hydrogen-bond acceptors (Lipinski definition) is 2. The predicted molar refractivity (Wildman–Crippen MR) is 84.4 cm³/mol. The van der Waals surface area contributed by atoms with Crippen LogP contribution in [-0.4, -0.2) is 17.3 Å². The van der Waals surface area contributed by atoms with Gasteiger partial charge in [0, 0.05) is 0 Å². The first-order chi connectivity index (χ1) is 8.72. The lowest BCUT2D eigenvalue weighted by atomic mass is 10.0. The number of rotatable bonds is 13. The summed E-state index contributed by atoms with van der Waals surface area (Å²) in [5.74, 6) is 0.346. The second-order valence-electron chi connectivity index (χ2n) is 5.31. The van der Waals surface area contributed by atoms with E-state index in [1.807, 2.05) is 6.26 Å². The van der Waals surface area contributed by atoms with Gasteiger partial charge in [0.15, 0.2) is 0 Å². The van der Waals surface area contributed by atoms with Crippen LogP contribution in [0.15, 0.2) is 0 Å². The molecule has 108 valence electrons. The van der Waals surface area contributed by atoms with Crippen LogP contribution >= 0.6 is 11.8 Å². The van der Waals surface area contributed by atoms with Crippen LogP contribution in [0.5, 0.6) is 0 Å². The third-order valence-corrected chi connectivity index (χ3v) is 4.69. The van der Waals surface area contributed by atoms with E-state index in [-0.39, 0.29) is 5.25 Å². The van der Waals surface area contributed by atoms with Crippen molar-refractivity contribution in [2.75, 3.05) is 6.26 Å². The fourth-order valence-corrected chi connectivity index (χ4v) is 3.04. The Balaban J connectivity index is 3.18. The monoisotopic (exact) mass is 272 g/mol. The molecule has 0 aromatic rings. The van der Waals surface area contributed by atoms with Crippen molar-refractivity contribution in [2.45, 2.75) is 89.7 Å². The Kier molecular flexibility index (Phi) is 13.5. The lowest BCUT2D eigenvalue weighted by molar-refractivity contribution is -0.116. The molecule has 0 heterocycles. The summed E-state index contributed by atoms with van der Waals surface area (Å²) in [6.45, 7) is 3.99. The van der Waals surface area contributed by atoms with Gasteiger partial charge in [-0.3, -0.25) is 4.79 Å². The highest BCUT2D eigenvalue weighted by Gasteiger charge is 2.10. The molecule has 0 saturated carbocycles. The third kappa shape index (κ3) is 11.1. The van der Waals surface area contributed by atoms with E-state index in [1.165, 1.54) is 64.2 Å². The molecule has 0 amide bonds. The summed E-state index contributed by atoms with van der Waals surface area (Å²) in [6, 6.07) is 0. The maximum atomic E-state index is 11.2. The molecule has 0 aromatic heterocycles. The van der Waals surface area contributed by atoms with Crippen LogP contribution in [0.3, 0.4) is 0 Å². The number of ketones is 1. The fraction of sp³-hybridized carbons (Fsp3) is 0.938. The van der Waals surface area contributed by atoms with E-state index in [0.717, 1.165) is 6.42 Å². The Bertz CT molecular complexity index is 192. The molecule has 1 atom stereocenters. The molecule has 1 nitrogen and oxygen atoms in total. The molecule has 18 heavy (non-hydrogen) atoms. The van der Waals surface area contributed by atoms with Crippen molar-refractivity contribution in [3.63, 3.8) is 0 Å². The molecule has 0 aliphatic carbocycles. The first kappa shape index (κ1) is 18.0. The van der Waals surface area contributed by atoms with Crippen molar-refractivity contribution < 1.29 is 4.79 Å². The van der Waals surface area contributed by atoms with Gasteiger partial charge >= 0.3 is 0 Å². The van der Waals surface area contributed by atoms with E-state index in [1.54, 1.807) is 18.7 Å². The molecule has 0 aliphatic heterocycles. The van der Waals surface area contributed by atoms with Gasteiger partial charge < -0.3 is 0 Å². The minimum atomic E-state index is 0.249. The number of carbonyl (C=O) groups excluding carboxylic acids is 1. The molecule has 2 heteroatoms. The molecular weight excluding hydrogens is 240 g/mol. The first-order valence-corrected chi connectivity index (χ1v) is 9.04. The summed E-state index contributed by atoms with van der Waals surface area (Å²) in [6.07, 6.45) is 16.8. The second kappa shape index (κ2) is 13.5. The van der Waals surface area contributed by atoms with Crippen LogP contribution in [0.2, 0.25) is 0 Å². The summed E-state index contributed by atoms with van der Waals surface area (Å²) in [4.78, 5) is 11.2. The number of unbranched alkanes of at least 4 members (excludes halogenated alkanes) is 9. The number of carbonyl (C=O) groups is 1. The SMILES string of the molecule is CCCCCCCCCCCCC(SC)C(C)=O. The average molecular weight is 272 g/mol. The first-order valence-electron chi connectivity index (χ1n) is 7.75. The van der Waals surface area contributed by atoms with Gasteiger partial charge in [-0.25, -0.2) is 0 Å². The zero-order valence-electron chi connectivity index (χ0n) is 12.7. The molecule has 1 unspecified atom stereocenters. The molecular formula is C16H32OS. The van der Waals surface area contributed by atoms with Crippen molar-refractivity contribution in [1.29, 1.82) is 0 Å². The molecule has 0 fully saturated rings. The van der Waals surface area contributed by atoms with Crippen LogP contribution in [0, 0.1) is 0 Å². The zero-order chi connectivity index (χ0) is 13.6. The van der Waals surface area contributed by atoms with E-state index >= 15 is 0 Å². The summed E-state index contributed by atoms with van der Waals surface area (Å²) < 4.78 is 0. The van der Waals surface area contributed by atoms with Crippen LogP contribution in [0.25, 0.3) is 0 Å². The molecule has 0 saturated heterocycles. The molecule has 0 rings (SSSR count). The van der Waals surface area contributed by atoms with Gasteiger partial charge in [-0.05, 0) is 19.6 Å². The topological polar surface area (TPSA) is 17.1 Å². The summed E-state index contributed by atoms with van der Waals surface area (Å²) in [5.41, 5.74) is 0. The minimum absolute atomic E-state index is 0.249. The highest BCUT2D eigenvalue weighted by Crippen LogP contribution is 2.17. The summed E-state index contributed by atoms with van der Waals surface area (Å²) in [7, 11) is 0. The zero-order valence-corrected chi connectivity index (χ0v) is 13.5. The minimum Gasteiger partial charge on any atom is -0.299 e. The standard InChI is InChI=1S/C16H32OS/c1-4-5-6-7-8-9-10-11-12-13-14-16(18-3)15(2)17/h16H,4-14H2,1-3H3. The number of Topliss-reactive ketones (excluding diaryl/α,β-unsaturated/α-hetero) is 1. The Labute approximate surface area is 118 Å². The Morgan fingerprint density at radius 3 is 1.72 bits per heavy atom. The Morgan fingerprint density at radius 1 is 0.889 bits per heavy atom. The van der Waals surface area contributed by atoms with Gasteiger partial charge in [0.1, 0.15) is 5.78 Å². The predicted octanol–water partition coefficient (Wildman–Crippen LogP) is 5.62. The second-order valence-corrected chi connectivity index (χ2v) is 6.35. The van der Waals surface area contributed by atoms with Crippen LogP contribution < -0.4 is 0 Å². The number of thioether (sulfide) groups is 1. The summed E-state index contributed by atoms with van der Waals surface area (Å²) in [5, 5.41) is 0.249. The van der Waals surface area contributed by atoms with Crippen molar-refractivity contribution in [3.05, 3.63) is 0 Å². The van der Waals surface area contributed by atoms with E-state index in [2.05, 4.69) is 6.92 Å². The highest BCUT2D eigenvalue weighted by molar-refractivity contribution is 7.99. The molecule has 0 aliphatic rings. The van der Waals surface area contributed by atoms with Gasteiger partial charge in [-0.2, -0.15) is 11.8 Å². The van der Waals surface area contributed by atoms with Crippen molar-refractivity contribution in [2.24, 2.45) is 0 Å². The number of hydrogen-bond donors (Lipinski definition) is 0. The van der Waals surface area contributed by atoms with Crippen LogP contribution in [-0.2, 0) is 4.79 Å². The molecule has 0 aromatic carbocycles. The third-order valence-electron chi connectivity index (χ3n) is 3.56. The van der Waals surface area contributed by atoms with Gasteiger partial charge in [0.25, 0.3) is 0 Å². The maximum Gasteiger partial charge on any atom is 0.142 e. The molecule has 0 spiro atoms. The average Bonchev–Trinajstić information content (AvgIpc) is 2.35. The summed E-state index contributed by atoms with van der Waals surface area (Å²) >= 11 is 1.71. The van der Waals surface area contributed by atoms with E-state index in [4.69, 9.17) is 0 Å². The van der Waals surface area contributed by atoms with E-state index < -0.39 is 0 Å². The highest BCUT2D eigenvalue weighted by atomic mass is 32.2. The maximum absolute atomic E-state index is 11.2. The Hall–Kier alpha value is 0.0200.